The molecule has 0 amide bonds. The predicted octanol–water partition coefficient (Wildman–Crippen LogP) is 12.7. The molecular weight excluding hydrogens is 559 g/mol. The number of para-hydroxylation sites is 1. The second-order valence-corrected chi connectivity index (χ2v) is 13.0. The molecule has 0 aliphatic heterocycles. The summed E-state index contributed by atoms with van der Waals surface area (Å²) >= 11 is 3.82. The van der Waals surface area contributed by atoms with E-state index >= 15 is 0 Å². The fourth-order valence-electron chi connectivity index (χ4n) is 6.49. The first-order chi connectivity index (χ1) is 21.3. The lowest BCUT2D eigenvalue weighted by Gasteiger charge is -2.27. The zero-order chi connectivity index (χ0) is 28.3. The van der Waals surface area contributed by atoms with Crippen LogP contribution in [0.1, 0.15) is 0 Å². The van der Waals surface area contributed by atoms with Crippen LogP contribution in [0.3, 0.4) is 0 Å². The van der Waals surface area contributed by atoms with E-state index in [9.17, 15) is 0 Å². The number of thiophene rings is 2. The van der Waals surface area contributed by atoms with Gasteiger partial charge in [-0.15, -0.1) is 22.7 Å². The number of rotatable bonds is 4. The fourth-order valence-corrected chi connectivity index (χ4v) is 9.07. The van der Waals surface area contributed by atoms with Crippen molar-refractivity contribution in [3.8, 4) is 11.1 Å². The van der Waals surface area contributed by atoms with E-state index in [2.05, 4.69) is 157 Å². The van der Waals surface area contributed by atoms with Crippen molar-refractivity contribution >= 4 is 90.9 Å². The van der Waals surface area contributed by atoms with Crippen molar-refractivity contribution < 1.29 is 0 Å². The van der Waals surface area contributed by atoms with Crippen LogP contribution in [0.25, 0.3) is 62.2 Å². The van der Waals surface area contributed by atoms with E-state index in [-0.39, 0.29) is 0 Å². The Bertz CT molecular complexity index is 2440. The van der Waals surface area contributed by atoms with E-state index in [1.807, 2.05) is 22.7 Å². The number of benzene rings is 7. The molecule has 2 aromatic heterocycles. The van der Waals surface area contributed by atoms with Crippen LogP contribution in [0.5, 0.6) is 0 Å². The van der Waals surface area contributed by atoms with Crippen molar-refractivity contribution in [3.63, 3.8) is 0 Å². The van der Waals surface area contributed by atoms with Gasteiger partial charge in [0.2, 0.25) is 0 Å². The first-order valence-electron chi connectivity index (χ1n) is 14.5. The Morgan fingerprint density at radius 2 is 1.07 bits per heavy atom. The molecule has 7 aromatic carbocycles. The van der Waals surface area contributed by atoms with Crippen LogP contribution in [0.4, 0.5) is 17.1 Å². The van der Waals surface area contributed by atoms with Gasteiger partial charge in [-0.3, -0.25) is 0 Å². The van der Waals surface area contributed by atoms with Gasteiger partial charge in [-0.1, -0.05) is 109 Å². The Labute approximate surface area is 257 Å². The quantitative estimate of drug-likeness (QED) is 0.199. The highest BCUT2D eigenvalue weighted by Crippen LogP contribution is 2.47. The van der Waals surface area contributed by atoms with E-state index in [1.54, 1.807) is 0 Å². The second kappa shape index (κ2) is 9.81. The molecule has 0 spiro atoms. The van der Waals surface area contributed by atoms with Crippen LogP contribution >= 0.6 is 22.7 Å². The van der Waals surface area contributed by atoms with Gasteiger partial charge in [-0.25, -0.2) is 0 Å². The summed E-state index contributed by atoms with van der Waals surface area (Å²) in [6.45, 7) is 0. The summed E-state index contributed by atoms with van der Waals surface area (Å²) in [4.78, 5) is 2.37. The summed E-state index contributed by atoms with van der Waals surface area (Å²) in [5.74, 6) is 0. The van der Waals surface area contributed by atoms with Crippen LogP contribution in [0.15, 0.2) is 152 Å². The maximum atomic E-state index is 2.37. The number of nitrogens with zero attached hydrogens (tertiary/aromatic N) is 1. The topological polar surface area (TPSA) is 3.24 Å². The van der Waals surface area contributed by atoms with Crippen molar-refractivity contribution in [2.45, 2.75) is 0 Å². The predicted molar refractivity (Wildman–Crippen MR) is 190 cm³/mol. The van der Waals surface area contributed by atoms with Crippen molar-refractivity contribution in [1.82, 2.24) is 0 Å². The molecule has 0 unspecified atom stereocenters. The standard InChI is InChI=1S/C40H25NS2/c1-2-12-28(13-3-1)41(35-18-8-11-26-10-4-5-14-30(26)35)29-22-20-27(21-23-29)31-16-9-17-32-33-24-25-37-38(40(33)43-39(31)32)34-15-6-7-19-36(34)42-37/h1-25H. The van der Waals surface area contributed by atoms with E-state index in [0.717, 1.165) is 11.4 Å². The van der Waals surface area contributed by atoms with Crippen molar-refractivity contribution in [3.05, 3.63) is 152 Å². The summed E-state index contributed by atoms with van der Waals surface area (Å²) < 4.78 is 5.45. The number of anilines is 3. The molecule has 9 rings (SSSR count). The third-order valence-corrected chi connectivity index (χ3v) is 10.9. The molecule has 0 aliphatic rings. The van der Waals surface area contributed by atoms with Crippen LogP contribution in [0.2, 0.25) is 0 Å². The summed E-state index contributed by atoms with van der Waals surface area (Å²) in [6, 6.07) is 55.1. The molecule has 0 saturated carbocycles. The fraction of sp³-hybridized carbons (Fsp3) is 0. The van der Waals surface area contributed by atoms with Gasteiger partial charge in [0.1, 0.15) is 0 Å². The molecular formula is C40H25NS2. The third-order valence-electron chi connectivity index (χ3n) is 8.46. The van der Waals surface area contributed by atoms with Gasteiger partial charge in [0.25, 0.3) is 0 Å². The van der Waals surface area contributed by atoms with Crippen LogP contribution < -0.4 is 4.90 Å². The molecule has 0 saturated heterocycles. The molecule has 0 N–H and O–H groups in total. The molecule has 202 valence electrons. The van der Waals surface area contributed by atoms with Crippen molar-refractivity contribution in [1.29, 1.82) is 0 Å². The van der Waals surface area contributed by atoms with E-state index in [0.29, 0.717) is 0 Å². The molecule has 0 radical (unpaired) electrons. The maximum absolute atomic E-state index is 2.37. The van der Waals surface area contributed by atoms with Crippen LogP contribution in [-0.4, -0.2) is 0 Å². The smallest absolute Gasteiger partial charge is 0.0540 e. The first-order valence-corrected chi connectivity index (χ1v) is 16.2. The minimum atomic E-state index is 1.14. The molecule has 1 nitrogen and oxygen atoms in total. The zero-order valence-corrected chi connectivity index (χ0v) is 24.8. The van der Waals surface area contributed by atoms with Gasteiger partial charge in [0.15, 0.2) is 0 Å². The molecule has 2 heterocycles. The summed E-state index contributed by atoms with van der Waals surface area (Å²) in [5, 5.41) is 7.91. The highest BCUT2D eigenvalue weighted by molar-refractivity contribution is 7.30. The Balaban J connectivity index is 1.21. The average Bonchev–Trinajstić information content (AvgIpc) is 3.64. The van der Waals surface area contributed by atoms with E-state index < -0.39 is 0 Å². The molecule has 3 heteroatoms. The Kier molecular flexibility index (Phi) is 5.62. The molecule has 0 bridgehead atoms. The van der Waals surface area contributed by atoms with E-state index in [1.165, 1.54) is 67.9 Å². The minimum absolute atomic E-state index is 1.14. The lowest BCUT2D eigenvalue weighted by molar-refractivity contribution is 1.30. The molecule has 0 aliphatic carbocycles. The number of hydrogen-bond donors (Lipinski definition) is 0. The molecule has 0 atom stereocenters. The largest absolute Gasteiger partial charge is 0.310 e. The number of fused-ring (bicyclic) bond motifs is 8. The minimum Gasteiger partial charge on any atom is -0.310 e. The van der Waals surface area contributed by atoms with Gasteiger partial charge >= 0.3 is 0 Å². The van der Waals surface area contributed by atoms with Crippen molar-refractivity contribution in [2.24, 2.45) is 0 Å². The van der Waals surface area contributed by atoms with Gasteiger partial charge < -0.3 is 4.90 Å². The second-order valence-electron chi connectivity index (χ2n) is 10.9. The normalized spacial score (nSPS) is 11.7. The molecule has 9 aromatic rings. The van der Waals surface area contributed by atoms with Gasteiger partial charge in [-0.2, -0.15) is 0 Å². The van der Waals surface area contributed by atoms with Crippen LogP contribution in [0, 0.1) is 0 Å². The van der Waals surface area contributed by atoms with E-state index in [4.69, 9.17) is 0 Å². The van der Waals surface area contributed by atoms with Crippen molar-refractivity contribution in [2.75, 3.05) is 4.90 Å². The zero-order valence-electron chi connectivity index (χ0n) is 23.2. The Morgan fingerprint density at radius 1 is 0.395 bits per heavy atom. The Morgan fingerprint density at radius 3 is 1.95 bits per heavy atom. The third kappa shape index (κ3) is 3.90. The summed E-state index contributed by atoms with van der Waals surface area (Å²) in [7, 11) is 0. The lowest BCUT2D eigenvalue weighted by Crippen LogP contribution is -2.10. The molecule has 43 heavy (non-hydrogen) atoms. The van der Waals surface area contributed by atoms with Gasteiger partial charge in [0, 0.05) is 57.1 Å². The first kappa shape index (κ1) is 24.6. The summed E-state index contributed by atoms with van der Waals surface area (Å²) in [5.41, 5.74) is 5.98. The highest BCUT2D eigenvalue weighted by atomic mass is 32.1. The SMILES string of the molecule is c1ccc(N(c2ccc(-c3cccc4c3sc3c4ccc4sc5ccccc5c43)cc2)c2cccc3ccccc23)cc1. The monoisotopic (exact) mass is 583 g/mol. The lowest BCUT2D eigenvalue weighted by atomic mass is 10.0. The summed E-state index contributed by atoms with van der Waals surface area (Å²) in [6.07, 6.45) is 0. The average molecular weight is 584 g/mol. The van der Waals surface area contributed by atoms with Gasteiger partial charge in [0.05, 0.1) is 5.69 Å². The Hall–Kier alpha value is -4.96. The molecule has 0 fully saturated rings. The number of hydrogen-bond acceptors (Lipinski definition) is 3. The highest BCUT2D eigenvalue weighted by Gasteiger charge is 2.17. The van der Waals surface area contributed by atoms with Gasteiger partial charge in [-0.05, 0) is 59.0 Å². The van der Waals surface area contributed by atoms with Crippen LogP contribution in [-0.2, 0) is 0 Å². The maximum Gasteiger partial charge on any atom is 0.0540 e.